The molecule has 8 nitrogen and oxygen atoms in total. The number of rotatable bonds is 5. The molecule has 1 amide bonds. The highest BCUT2D eigenvalue weighted by molar-refractivity contribution is 5.94. The summed E-state index contributed by atoms with van der Waals surface area (Å²) in [6.45, 7) is 10.3. The molecule has 6 rings (SSSR count). The van der Waals surface area contributed by atoms with Gasteiger partial charge in [-0.1, -0.05) is 38.0 Å². The molecule has 0 unspecified atom stereocenters. The van der Waals surface area contributed by atoms with Crippen molar-refractivity contribution in [3.8, 4) is 23.3 Å². The van der Waals surface area contributed by atoms with Crippen LogP contribution >= 0.6 is 0 Å². The molecule has 2 heterocycles. The molecule has 1 saturated carbocycles. The van der Waals surface area contributed by atoms with E-state index in [4.69, 9.17) is 14.2 Å². The molecule has 0 N–H and O–H groups in total. The molecule has 8 heteroatoms. The van der Waals surface area contributed by atoms with Gasteiger partial charge in [-0.15, -0.1) is 0 Å². The summed E-state index contributed by atoms with van der Waals surface area (Å²) < 4.78 is 19.1. The second-order valence-electron chi connectivity index (χ2n) is 13.0. The van der Waals surface area contributed by atoms with Crippen molar-refractivity contribution in [2.24, 2.45) is 5.92 Å². The first-order valence-electron chi connectivity index (χ1n) is 15.3. The van der Waals surface area contributed by atoms with Crippen molar-refractivity contribution in [1.29, 1.82) is 0 Å². The molecule has 0 radical (unpaired) electrons. The van der Waals surface area contributed by atoms with Crippen LogP contribution in [0, 0.1) is 24.7 Å². The van der Waals surface area contributed by atoms with Gasteiger partial charge >= 0.3 is 11.9 Å². The Morgan fingerprint density at radius 3 is 2.63 bits per heavy atom. The summed E-state index contributed by atoms with van der Waals surface area (Å²) in [4.78, 5) is 43.1. The predicted molar refractivity (Wildman–Crippen MR) is 161 cm³/mol. The van der Waals surface area contributed by atoms with E-state index in [1.165, 1.54) is 13.8 Å². The number of likely N-dealkylation sites (tertiary alicyclic amines) is 1. The summed E-state index contributed by atoms with van der Waals surface area (Å²) in [6, 6.07) is 11.3. The van der Waals surface area contributed by atoms with Gasteiger partial charge in [0, 0.05) is 37.4 Å². The van der Waals surface area contributed by atoms with Crippen LogP contribution in [0.3, 0.4) is 0 Å². The van der Waals surface area contributed by atoms with Gasteiger partial charge in [0.2, 0.25) is 0 Å². The molecule has 1 spiro atoms. The van der Waals surface area contributed by atoms with Crippen molar-refractivity contribution in [2.45, 2.75) is 89.5 Å². The van der Waals surface area contributed by atoms with E-state index in [0.29, 0.717) is 43.7 Å². The monoisotopic (exact) mass is 584 g/mol. The first-order chi connectivity index (χ1) is 20.5. The Morgan fingerprint density at radius 2 is 1.93 bits per heavy atom. The van der Waals surface area contributed by atoms with Crippen LogP contribution in [0.2, 0.25) is 0 Å². The van der Waals surface area contributed by atoms with E-state index in [2.05, 4.69) is 37.6 Å². The van der Waals surface area contributed by atoms with Crippen LogP contribution in [0.5, 0.6) is 11.5 Å². The quantitative estimate of drug-likeness (QED) is 0.296. The first kappa shape index (κ1) is 29.3. The zero-order valence-electron chi connectivity index (χ0n) is 25.9. The van der Waals surface area contributed by atoms with Gasteiger partial charge in [0.05, 0.1) is 17.5 Å². The fraction of sp³-hybridized carbons (Fsp3) is 0.514. The van der Waals surface area contributed by atoms with Crippen molar-refractivity contribution >= 4 is 17.8 Å². The Hall–Kier alpha value is -3.83. The standard InChI is InChI=1S/C35H40N2O6/c1-21(2)20-37(30(40)13-10-25-9-7-8-22(3)18-25)27-14-15-35(43-24(5)39)29-19-26-11-12-28(41-23(4)38)32-31(26)34(35,33(27)42-32)16-17-36(29)6/h7-9,11-12,18,21,27,29,33H,14-17,19-20H2,1-6H3/t27-,29+,33-,34-,35+/m0/s1. The van der Waals surface area contributed by atoms with Crippen molar-refractivity contribution < 1.29 is 28.6 Å². The fourth-order valence-electron chi connectivity index (χ4n) is 8.39. The number of hydrogen-bond donors (Lipinski definition) is 0. The molecule has 2 aliphatic carbocycles. The molecule has 43 heavy (non-hydrogen) atoms. The Balaban J connectivity index is 1.50. The van der Waals surface area contributed by atoms with Crippen LogP contribution in [-0.4, -0.2) is 71.6 Å². The fourth-order valence-corrected chi connectivity index (χ4v) is 8.39. The molecule has 0 aromatic heterocycles. The zero-order chi connectivity index (χ0) is 30.7. The van der Waals surface area contributed by atoms with Crippen LogP contribution in [0.1, 0.15) is 69.2 Å². The first-order valence-corrected chi connectivity index (χ1v) is 15.3. The van der Waals surface area contributed by atoms with Crippen molar-refractivity contribution in [1.82, 2.24) is 9.80 Å². The summed E-state index contributed by atoms with van der Waals surface area (Å²) in [5, 5.41) is 0. The molecule has 226 valence electrons. The molecule has 2 fully saturated rings. The van der Waals surface area contributed by atoms with E-state index in [9.17, 15) is 14.4 Å². The maximum atomic E-state index is 14.0. The molecular weight excluding hydrogens is 544 g/mol. The third kappa shape index (κ3) is 4.60. The summed E-state index contributed by atoms with van der Waals surface area (Å²) in [5.74, 6) is 6.08. The van der Waals surface area contributed by atoms with E-state index in [1.54, 1.807) is 6.07 Å². The molecule has 2 bridgehead atoms. The van der Waals surface area contributed by atoms with Gasteiger partial charge in [0.15, 0.2) is 11.5 Å². The van der Waals surface area contributed by atoms with Gasteiger partial charge in [-0.25, -0.2) is 0 Å². The lowest BCUT2D eigenvalue weighted by molar-refractivity contribution is -0.221. The van der Waals surface area contributed by atoms with Gasteiger partial charge < -0.3 is 19.1 Å². The zero-order valence-corrected chi connectivity index (χ0v) is 25.9. The van der Waals surface area contributed by atoms with Crippen LogP contribution in [0.15, 0.2) is 36.4 Å². The van der Waals surface area contributed by atoms with E-state index in [0.717, 1.165) is 28.8 Å². The minimum atomic E-state index is -0.847. The number of nitrogens with zero attached hydrogens (tertiary/aromatic N) is 2. The number of carbonyl (C=O) groups is 3. The summed E-state index contributed by atoms with van der Waals surface area (Å²) in [5.41, 5.74) is 2.39. The third-order valence-electron chi connectivity index (χ3n) is 9.78. The normalized spacial score (nSPS) is 28.2. The number of aryl methyl sites for hydroxylation is 1. The lowest BCUT2D eigenvalue weighted by Crippen LogP contribution is -2.79. The largest absolute Gasteiger partial charge is 0.483 e. The van der Waals surface area contributed by atoms with E-state index >= 15 is 0 Å². The maximum Gasteiger partial charge on any atom is 0.308 e. The molecule has 2 aliphatic heterocycles. The Labute approximate surface area is 253 Å². The molecular formula is C35H40N2O6. The molecule has 1 saturated heterocycles. The van der Waals surface area contributed by atoms with E-state index in [-0.39, 0.29) is 29.9 Å². The van der Waals surface area contributed by atoms with Gasteiger partial charge in [-0.05, 0) is 81.4 Å². The highest BCUT2D eigenvalue weighted by atomic mass is 16.6. The smallest absolute Gasteiger partial charge is 0.308 e. The number of hydrogen-bond acceptors (Lipinski definition) is 7. The van der Waals surface area contributed by atoms with Crippen LogP contribution in [0.4, 0.5) is 0 Å². The van der Waals surface area contributed by atoms with Crippen molar-refractivity contribution in [3.63, 3.8) is 0 Å². The van der Waals surface area contributed by atoms with Gasteiger partial charge in [0.1, 0.15) is 11.7 Å². The minimum absolute atomic E-state index is 0.0504. The average Bonchev–Trinajstić information content (AvgIpc) is 3.29. The highest BCUT2D eigenvalue weighted by Crippen LogP contribution is 2.67. The number of ether oxygens (including phenoxy) is 3. The lowest BCUT2D eigenvalue weighted by Gasteiger charge is -2.65. The van der Waals surface area contributed by atoms with Crippen LogP contribution < -0.4 is 9.47 Å². The Kier molecular flexibility index (Phi) is 7.29. The second-order valence-corrected chi connectivity index (χ2v) is 13.0. The molecule has 5 atom stereocenters. The maximum absolute atomic E-state index is 14.0. The Bertz CT molecular complexity index is 1560. The number of benzene rings is 2. The van der Waals surface area contributed by atoms with Gasteiger partial charge in [0.25, 0.3) is 5.91 Å². The molecule has 2 aromatic rings. The van der Waals surface area contributed by atoms with E-state index < -0.39 is 23.1 Å². The van der Waals surface area contributed by atoms with E-state index in [1.807, 2.05) is 42.2 Å². The van der Waals surface area contributed by atoms with Gasteiger partial charge in [-0.2, -0.15) is 0 Å². The van der Waals surface area contributed by atoms with Crippen molar-refractivity contribution in [2.75, 3.05) is 20.1 Å². The summed E-state index contributed by atoms with van der Waals surface area (Å²) >= 11 is 0. The van der Waals surface area contributed by atoms with Crippen LogP contribution in [0.25, 0.3) is 0 Å². The predicted octanol–water partition coefficient (Wildman–Crippen LogP) is 4.18. The van der Waals surface area contributed by atoms with Crippen molar-refractivity contribution in [3.05, 3.63) is 58.7 Å². The molecule has 4 aliphatic rings. The van der Waals surface area contributed by atoms with Gasteiger partial charge in [-0.3, -0.25) is 19.3 Å². The highest BCUT2D eigenvalue weighted by Gasteiger charge is 2.75. The number of piperidine rings is 1. The summed E-state index contributed by atoms with van der Waals surface area (Å²) in [7, 11) is 2.09. The number of likely N-dealkylation sites (N-methyl/N-ethyl adjacent to an activating group) is 1. The number of carbonyl (C=O) groups excluding carboxylic acids is 3. The SMILES string of the molecule is CC(=O)Oc1ccc2c3c1O[C@H]1[C@@H](N(CC(C)C)C(=O)C#Cc4cccc(C)c4)CC[C@@]4(OC(C)=O)[C@@H](C2)N(C)CC[C@]314. The summed E-state index contributed by atoms with van der Waals surface area (Å²) in [6.07, 6.45) is 2.02. The lowest BCUT2D eigenvalue weighted by atomic mass is 9.48. The minimum Gasteiger partial charge on any atom is -0.483 e. The molecule has 2 aromatic carbocycles. The topological polar surface area (TPSA) is 85.4 Å². The third-order valence-corrected chi connectivity index (χ3v) is 9.78. The second kappa shape index (κ2) is 10.7. The number of amides is 1. The number of esters is 2. The van der Waals surface area contributed by atoms with Crippen LogP contribution in [-0.2, 0) is 31.0 Å². The Morgan fingerprint density at radius 1 is 1.14 bits per heavy atom. The average molecular weight is 585 g/mol.